The number of fused-ring (bicyclic) bond motifs is 2. The van der Waals surface area contributed by atoms with Crippen molar-refractivity contribution in [3.8, 4) is 0 Å². The summed E-state index contributed by atoms with van der Waals surface area (Å²) in [6, 6.07) is 6.25. The SMILES string of the molecule is Fc1ccc2[nH]ncc2c1Br.Fc1ccc2c(cnn2C2CCCCO2)c1Br. The predicted molar refractivity (Wildman–Crippen MR) is 110 cm³/mol. The maximum absolute atomic E-state index is 13.4. The molecule has 4 aromatic rings. The van der Waals surface area contributed by atoms with Crippen molar-refractivity contribution in [3.05, 3.63) is 57.2 Å². The molecule has 1 atom stereocenters. The van der Waals surface area contributed by atoms with E-state index in [4.69, 9.17) is 4.74 Å². The van der Waals surface area contributed by atoms with Crippen LogP contribution in [-0.2, 0) is 4.74 Å². The Hall–Kier alpha value is -1.84. The van der Waals surface area contributed by atoms with Crippen LogP contribution in [0.15, 0.2) is 45.6 Å². The van der Waals surface area contributed by atoms with Gasteiger partial charge in [0.1, 0.15) is 11.6 Å². The molecule has 1 unspecified atom stereocenters. The summed E-state index contributed by atoms with van der Waals surface area (Å²) in [5.74, 6) is -0.527. The minimum atomic E-state index is -0.265. The molecule has 0 radical (unpaired) electrons. The van der Waals surface area contributed by atoms with Crippen LogP contribution in [0.2, 0.25) is 0 Å². The van der Waals surface area contributed by atoms with Crippen LogP contribution in [-0.4, -0.2) is 26.6 Å². The Morgan fingerprint density at radius 3 is 2.50 bits per heavy atom. The van der Waals surface area contributed by atoms with Crippen LogP contribution >= 0.6 is 31.9 Å². The summed E-state index contributed by atoms with van der Waals surface area (Å²) in [5.41, 5.74) is 1.74. The van der Waals surface area contributed by atoms with E-state index in [1.165, 1.54) is 12.1 Å². The van der Waals surface area contributed by atoms with Gasteiger partial charge >= 0.3 is 0 Å². The number of aromatic nitrogens is 4. The number of hydrogen-bond acceptors (Lipinski definition) is 3. The first kappa shape index (κ1) is 19.5. The highest BCUT2D eigenvalue weighted by Gasteiger charge is 2.19. The zero-order chi connectivity index (χ0) is 19.7. The summed E-state index contributed by atoms with van der Waals surface area (Å²) in [6.07, 6.45) is 6.47. The van der Waals surface area contributed by atoms with Crippen molar-refractivity contribution < 1.29 is 13.5 Å². The summed E-state index contributed by atoms with van der Waals surface area (Å²) in [6.45, 7) is 0.772. The van der Waals surface area contributed by atoms with Gasteiger partial charge in [-0.25, -0.2) is 13.5 Å². The van der Waals surface area contributed by atoms with Gasteiger partial charge in [-0.1, -0.05) is 0 Å². The van der Waals surface area contributed by atoms with E-state index in [1.54, 1.807) is 24.5 Å². The van der Waals surface area contributed by atoms with Gasteiger partial charge in [0, 0.05) is 17.4 Å². The molecule has 5 nitrogen and oxygen atoms in total. The number of nitrogens with one attached hydrogen (secondary N) is 1. The quantitative estimate of drug-likeness (QED) is 0.334. The topological polar surface area (TPSA) is 55.7 Å². The average Bonchev–Trinajstić information content (AvgIpc) is 3.36. The first-order valence-corrected chi connectivity index (χ1v) is 10.3. The third-order valence-electron chi connectivity index (χ3n) is 4.61. The molecule has 0 bridgehead atoms. The van der Waals surface area contributed by atoms with Gasteiger partial charge in [-0.15, -0.1) is 0 Å². The standard InChI is InChI=1S/C12H12BrFN2O.C7H4BrFN2/c13-12-8-7-15-16(10(8)5-4-9(12)14)11-3-1-2-6-17-11;8-7-4-3-10-11-6(4)2-1-5(7)9/h4-5,7,11H,1-3,6H2;1-3H,(H,10,11). The first-order valence-electron chi connectivity index (χ1n) is 8.76. The van der Waals surface area contributed by atoms with Gasteiger partial charge in [-0.3, -0.25) is 5.10 Å². The van der Waals surface area contributed by atoms with Crippen LogP contribution in [0.5, 0.6) is 0 Å². The first-order chi connectivity index (χ1) is 13.6. The number of nitrogens with zero attached hydrogens (tertiary/aromatic N) is 3. The average molecular weight is 514 g/mol. The smallest absolute Gasteiger partial charge is 0.150 e. The fourth-order valence-electron chi connectivity index (χ4n) is 3.16. The minimum Gasteiger partial charge on any atom is -0.356 e. The molecule has 0 saturated carbocycles. The molecule has 1 aliphatic heterocycles. The molecule has 0 spiro atoms. The molecule has 3 heterocycles. The number of benzene rings is 2. The fraction of sp³-hybridized carbons (Fsp3) is 0.263. The molecule has 28 heavy (non-hydrogen) atoms. The molecule has 2 aromatic carbocycles. The van der Waals surface area contributed by atoms with Crippen molar-refractivity contribution in [2.24, 2.45) is 0 Å². The van der Waals surface area contributed by atoms with E-state index in [1.807, 2.05) is 4.68 Å². The van der Waals surface area contributed by atoms with E-state index >= 15 is 0 Å². The van der Waals surface area contributed by atoms with Crippen molar-refractivity contribution in [2.45, 2.75) is 25.5 Å². The van der Waals surface area contributed by atoms with Crippen LogP contribution < -0.4 is 0 Å². The second-order valence-corrected chi connectivity index (χ2v) is 7.98. The van der Waals surface area contributed by atoms with E-state index in [0.29, 0.717) is 8.95 Å². The molecule has 9 heteroatoms. The molecule has 0 aliphatic carbocycles. The van der Waals surface area contributed by atoms with Gasteiger partial charge in [0.25, 0.3) is 0 Å². The Morgan fingerprint density at radius 2 is 1.75 bits per heavy atom. The van der Waals surface area contributed by atoms with Crippen LogP contribution in [0.25, 0.3) is 21.8 Å². The van der Waals surface area contributed by atoms with Crippen LogP contribution in [0.4, 0.5) is 8.78 Å². The van der Waals surface area contributed by atoms with Crippen molar-refractivity contribution in [1.29, 1.82) is 0 Å². The second-order valence-electron chi connectivity index (χ2n) is 6.40. The summed E-state index contributed by atoms with van der Waals surface area (Å²) in [5, 5.41) is 12.4. The lowest BCUT2D eigenvalue weighted by Gasteiger charge is -2.23. The highest BCUT2D eigenvalue weighted by molar-refractivity contribution is 9.11. The van der Waals surface area contributed by atoms with Crippen LogP contribution in [0.3, 0.4) is 0 Å². The van der Waals surface area contributed by atoms with Crippen molar-refractivity contribution in [1.82, 2.24) is 20.0 Å². The van der Waals surface area contributed by atoms with E-state index in [2.05, 4.69) is 47.2 Å². The number of aromatic amines is 1. The van der Waals surface area contributed by atoms with Crippen LogP contribution in [0.1, 0.15) is 25.5 Å². The monoisotopic (exact) mass is 512 g/mol. The summed E-state index contributed by atoms with van der Waals surface area (Å²) >= 11 is 6.37. The van der Waals surface area contributed by atoms with Crippen molar-refractivity contribution in [2.75, 3.05) is 6.61 Å². The number of rotatable bonds is 1. The highest BCUT2D eigenvalue weighted by Crippen LogP contribution is 2.31. The summed E-state index contributed by atoms with van der Waals surface area (Å²) < 4.78 is 34.7. The second kappa shape index (κ2) is 8.26. The Labute approximate surface area is 176 Å². The number of hydrogen-bond donors (Lipinski definition) is 1. The fourth-order valence-corrected chi connectivity index (χ4v) is 4.05. The third-order valence-corrected chi connectivity index (χ3v) is 6.22. The Morgan fingerprint density at radius 1 is 1.00 bits per heavy atom. The lowest BCUT2D eigenvalue weighted by molar-refractivity contribution is -0.0366. The maximum Gasteiger partial charge on any atom is 0.150 e. The largest absolute Gasteiger partial charge is 0.356 e. The highest BCUT2D eigenvalue weighted by atomic mass is 79.9. The Kier molecular flexibility index (Phi) is 5.75. The van der Waals surface area contributed by atoms with E-state index in [-0.39, 0.29) is 17.9 Å². The van der Waals surface area contributed by atoms with Gasteiger partial charge in [-0.05, 0) is 75.4 Å². The van der Waals surface area contributed by atoms with Gasteiger partial charge in [-0.2, -0.15) is 10.2 Å². The summed E-state index contributed by atoms with van der Waals surface area (Å²) in [4.78, 5) is 0. The van der Waals surface area contributed by atoms with Gasteiger partial charge in [0.2, 0.25) is 0 Å². The zero-order valence-corrected chi connectivity index (χ0v) is 17.8. The minimum absolute atomic E-state index is 0.0152. The predicted octanol–water partition coefficient (Wildman–Crippen LogP) is 6.10. The number of H-pyrrole nitrogens is 1. The molecule has 1 aliphatic rings. The van der Waals surface area contributed by atoms with Gasteiger partial charge < -0.3 is 4.74 Å². The third kappa shape index (κ3) is 3.70. The lowest BCUT2D eigenvalue weighted by Crippen LogP contribution is -2.18. The van der Waals surface area contributed by atoms with Crippen molar-refractivity contribution >= 4 is 53.7 Å². The maximum atomic E-state index is 13.4. The molecule has 2 aromatic heterocycles. The molecular formula is C19H16Br2F2N4O. The molecule has 5 rings (SSSR count). The molecule has 1 fully saturated rings. The molecular weight excluding hydrogens is 498 g/mol. The Bertz CT molecular complexity index is 1120. The molecule has 0 amide bonds. The van der Waals surface area contributed by atoms with Gasteiger partial charge in [0.05, 0.1) is 32.4 Å². The molecule has 1 saturated heterocycles. The number of ether oxygens (including phenoxy) is 1. The zero-order valence-electron chi connectivity index (χ0n) is 14.6. The van der Waals surface area contributed by atoms with Gasteiger partial charge in [0.15, 0.2) is 6.23 Å². The van der Waals surface area contributed by atoms with Crippen LogP contribution in [0, 0.1) is 11.6 Å². The normalized spacial score (nSPS) is 16.9. The van der Waals surface area contributed by atoms with E-state index in [9.17, 15) is 8.78 Å². The molecule has 1 N–H and O–H groups in total. The molecule has 146 valence electrons. The van der Waals surface area contributed by atoms with Crippen molar-refractivity contribution in [3.63, 3.8) is 0 Å². The lowest BCUT2D eigenvalue weighted by atomic mass is 10.2. The van der Waals surface area contributed by atoms with E-state index < -0.39 is 0 Å². The Balaban J connectivity index is 0.000000151. The van der Waals surface area contributed by atoms with E-state index in [0.717, 1.165) is 47.7 Å². The summed E-state index contributed by atoms with van der Waals surface area (Å²) in [7, 11) is 0. The number of halogens is 4.